The zero-order valence-corrected chi connectivity index (χ0v) is 17.4. The summed E-state index contributed by atoms with van der Waals surface area (Å²) in [6, 6.07) is 21.4. The lowest BCUT2D eigenvalue weighted by Crippen LogP contribution is -2.25. The van der Waals surface area contributed by atoms with E-state index in [4.69, 9.17) is 4.74 Å². The molecule has 1 heterocycles. The average molecular weight is 423 g/mol. The summed E-state index contributed by atoms with van der Waals surface area (Å²) in [5.74, 6) is 1.08. The summed E-state index contributed by atoms with van der Waals surface area (Å²) in [5.41, 5.74) is 2.69. The van der Waals surface area contributed by atoms with Crippen molar-refractivity contribution < 1.29 is 17.9 Å². The van der Waals surface area contributed by atoms with Gasteiger partial charge in [-0.3, -0.25) is 9.10 Å². The number of carbonyl (C=O) groups excluding carboxylic acids is 1. The van der Waals surface area contributed by atoms with E-state index >= 15 is 0 Å². The Morgan fingerprint density at radius 3 is 2.33 bits per heavy atom. The van der Waals surface area contributed by atoms with E-state index in [1.54, 1.807) is 36.4 Å². The lowest BCUT2D eigenvalue weighted by atomic mass is 10.2. The number of sulfonamides is 1. The van der Waals surface area contributed by atoms with E-state index in [-0.39, 0.29) is 11.7 Å². The number of benzene rings is 3. The molecule has 0 saturated carbocycles. The number of para-hydroxylation sites is 2. The van der Waals surface area contributed by atoms with Gasteiger partial charge in [0.25, 0.3) is 5.91 Å². The van der Waals surface area contributed by atoms with Gasteiger partial charge < -0.3 is 10.1 Å². The maximum atomic E-state index is 12.7. The molecule has 4 rings (SSSR count). The third-order valence-corrected chi connectivity index (χ3v) is 6.77. The molecule has 7 heteroatoms. The fourth-order valence-corrected chi connectivity index (χ4v) is 4.86. The zero-order valence-electron chi connectivity index (χ0n) is 16.5. The normalized spacial score (nSPS) is 15.0. The molecule has 1 saturated heterocycles. The molecule has 1 amide bonds. The van der Waals surface area contributed by atoms with E-state index in [1.807, 2.05) is 43.3 Å². The summed E-state index contributed by atoms with van der Waals surface area (Å²) in [5, 5.41) is 2.87. The summed E-state index contributed by atoms with van der Waals surface area (Å²) >= 11 is 0. The molecule has 0 bridgehead atoms. The first-order chi connectivity index (χ1) is 14.4. The van der Waals surface area contributed by atoms with E-state index in [2.05, 4.69) is 5.32 Å². The van der Waals surface area contributed by atoms with E-state index in [9.17, 15) is 13.2 Å². The van der Waals surface area contributed by atoms with Crippen LogP contribution < -0.4 is 14.4 Å². The van der Waals surface area contributed by atoms with Crippen LogP contribution in [-0.4, -0.2) is 26.6 Å². The molecule has 0 unspecified atom stereocenters. The number of hydrogen-bond acceptors (Lipinski definition) is 4. The van der Waals surface area contributed by atoms with Crippen LogP contribution in [0.5, 0.6) is 11.5 Å². The van der Waals surface area contributed by atoms with Crippen LogP contribution in [0.1, 0.15) is 22.3 Å². The zero-order chi connectivity index (χ0) is 21.1. The van der Waals surface area contributed by atoms with Crippen LogP contribution in [0.25, 0.3) is 0 Å². The first-order valence-electron chi connectivity index (χ1n) is 9.68. The van der Waals surface area contributed by atoms with Gasteiger partial charge in [0.05, 0.1) is 17.1 Å². The minimum atomic E-state index is -3.24. The Morgan fingerprint density at radius 1 is 0.967 bits per heavy atom. The van der Waals surface area contributed by atoms with Gasteiger partial charge in [0, 0.05) is 12.1 Å². The molecule has 1 N–H and O–H groups in total. The highest BCUT2D eigenvalue weighted by atomic mass is 32.2. The van der Waals surface area contributed by atoms with Gasteiger partial charge in [0.15, 0.2) is 5.75 Å². The minimum absolute atomic E-state index is 0.160. The van der Waals surface area contributed by atoms with Crippen molar-refractivity contribution in [1.82, 2.24) is 0 Å². The maximum absolute atomic E-state index is 12.7. The number of amides is 1. The minimum Gasteiger partial charge on any atom is -0.455 e. The number of aryl methyl sites for hydroxylation is 1. The summed E-state index contributed by atoms with van der Waals surface area (Å²) in [4.78, 5) is 12.7. The smallest absolute Gasteiger partial charge is 0.255 e. The number of nitrogens with one attached hydrogen (secondary N) is 1. The number of carbonyl (C=O) groups is 1. The van der Waals surface area contributed by atoms with E-state index in [1.165, 1.54) is 4.31 Å². The van der Waals surface area contributed by atoms with Crippen LogP contribution in [0.15, 0.2) is 72.8 Å². The molecule has 30 heavy (non-hydrogen) atoms. The first-order valence-corrected chi connectivity index (χ1v) is 11.3. The fourth-order valence-electron chi connectivity index (χ4n) is 3.30. The van der Waals surface area contributed by atoms with Crippen molar-refractivity contribution in [3.8, 4) is 11.5 Å². The van der Waals surface area contributed by atoms with E-state index in [0.29, 0.717) is 41.4 Å². The highest BCUT2D eigenvalue weighted by Crippen LogP contribution is 2.30. The third kappa shape index (κ3) is 4.31. The SMILES string of the molecule is Cc1ccc(Oc2ccccc2NC(=O)c2ccc(N3CCCS3(=O)=O)cc2)cc1. The second-order valence-electron chi connectivity index (χ2n) is 7.15. The number of nitrogens with zero attached hydrogens (tertiary/aromatic N) is 1. The molecular weight excluding hydrogens is 400 g/mol. The molecule has 1 aliphatic rings. The van der Waals surface area contributed by atoms with Gasteiger partial charge >= 0.3 is 0 Å². The standard InChI is InChI=1S/C23H22N2O4S/c1-17-7-13-20(14-8-17)29-22-6-3-2-5-21(22)24-23(26)18-9-11-19(12-10-18)25-15-4-16-30(25,27)28/h2-3,5-14H,4,15-16H2,1H3,(H,24,26). The number of hydrogen-bond donors (Lipinski definition) is 1. The largest absolute Gasteiger partial charge is 0.455 e. The third-order valence-electron chi connectivity index (χ3n) is 4.90. The highest BCUT2D eigenvalue weighted by molar-refractivity contribution is 7.93. The van der Waals surface area contributed by atoms with Crippen molar-refractivity contribution in [2.75, 3.05) is 21.9 Å². The molecule has 0 spiro atoms. The summed E-state index contributed by atoms with van der Waals surface area (Å²) in [6.45, 7) is 2.47. The molecular formula is C23H22N2O4S. The Bertz CT molecular complexity index is 1160. The van der Waals surface area contributed by atoms with Crippen LogP contribution in [-0.2, 0) is 10.0 Å². The Labute approximate surface area is 176 Å². The average Bonchev–Trinajstić information content (AvgIpc) is 3.10. The second kappa shape index (κ2) is 8.20. The molecule has 1 aliphatic heterocycles. The van der Waals surface area contributed by atoms with Crippen LogP contribution in [0.3, 0.4) is 0 Å². The van der Waals surface area contributed by atoms with Gasteiger partial charge in [-0.05, 0) is 61.9 Å². The molecule has 3 aromatic carbocycles. The van der Waals surface area contributed by atoms with Gasteiger partial charge in [-0.15, -0.1) is 0 Å². The van der Waals surface area contributed by atoms with Gasteiger partial charge in [-0.2, -0.15) is 0 Å². The van der Waals surface area contributed by atoms with Gasteiger partial charge in [0.1, 0.15) is 5.75 Å². The van der Waals surface area contributed by atoms with Crippen molar-refractivity contribution in [2.24, 2.45) is 0 Å². The van der Waals surface area contributed by atoms with E-state index in [0.717, 1.165) is 5.56 Å². The predicted octanol–water partition coefficient (Wildman–Crippen LogP) is 4.58. The van der Waals surface area contributed by atoms with Crippen molar-refractivity contribution in [1.29, 1.82) is 0 Å². The number of anilines is 2. The quantitative estimate of drug-likeness (QED) is 0.653. The lowest BCUT2D eigenvalue weighted by Gasteiger charge is -2.17. The van der Waals surface area contributed by atoms with Gasteiger partial charge in [-0.1, -0.05) is 29.8 Å². The van der Waals surface area contributed by atoms with Crippen molar-refractivity contribution in [3.63, 3.8) is 0 Å². The number of ether oxygens (including phenoxy) is 1. The Kier molecular flexibility index (Phi) is 5.46. The molecule has 0 radical (unpaired) electrons. The molecule has 0 aromatic heterocycles. The predicted molar refractivity (Wildman–Crippen MR) is 118 cm³/mol. The van der Waals surface area contributed by atoms with Crippen LogP contribution in [0, 0.1) is 6.92 Å². The Balaban J connectivity index is 1.49. The summed E-state index contributed by atoms with van der Waals surface area (Å²) < 4.78 is 31.4. The molecule has 3 aromatic rings. The Hall–Kier alpha value is -3.32. The van der Waals surface area contributed by atoms with Crippen molar-refractivity contribution in [3.05, 3.63) is 83.9 Å². The maximum Gasteiger partial charge on any atom is 0.255 e. The molecule has 6 nitrogen and oxygen atoms in total. The molecule has 154 valence electrons. The molecule has 0 atom stereocenters. The van der Waals surface area contributed by atoms with Crippen LogP contribution in [0.2, 0.25) is 0 Å². The van der Waals surface area contributed by atoms with Crippen molar-refractivity contribution >= 4 is 27.3 Å². The van der Waals surface area contributed by atoms with Crippen LogP contribution >= 0.6 is 0 Å². The topological polar surface area (TPSA) is 75.7 Å². The molecule has 0 aliphatic carbocycles. The highest BCUT2D eigenvalue weighted by Gasteiger charge is 2.28. The molecule has 1 fully saturated rings. The second-order valence-corrected chi connectivity index (χ2v) is 9.17. The summed E-state index contributed by atoms with van der Waals surface area (Å²) in [6.07, 6.45) is 0.613. The van der Waals surface area contributed by atoms with E-state index < -0.39 is 10.0 Å². The Morgan fingerprint density at radius 2 is 1.67 bits per heavy atom. The first kappa shape index (κ1) is 20.0. The van der Waals surface area contributed by atoms with Crippen LogP contribution in [0.4, 0.5) is 11.4 Å². The number of rotatable bonds is 5. The lowest BCUT2D eigenvalue weighted by molar-refractivity contribution is 0.102. The monoisotopic (exact) mass is 422 g/mol. The van der Waals surface area contributed by atoms with Gasteiger partial charge in [-0.25, -0.2) is 8.42 Å². The van der Waals surface area contributed by atoms with Crippen molar-refractivity contribution in [2.45, 2.75) is 13.3 Å². The fraction of sp³-hybridized carbons (Fsp3) is 0.174. The van der Waals surface area contributed by atoms with Gasteiger partial charge in [0.2, 0.25) is 10.0 Å². The summed E-state index contributed by atoms with van der Waals surface area (Å²) in [7, 11) is -3.24.